The Morgan fingerprint density at radius 3 is 2.60 bits per heavy atom. The number of hydrogen-bond donors (Lipinski definition) is 2. The second-order valence-corrected chi connectivity index (χ2v) is 3.18. The molecule has 0 aromatic carbocycles. The molecule has 0 aliphatic rings. The number of nitrogens with zero attached hydrogens (tertiary/aromatic N) is 1. The molecular formula is C11H21N3O. The maximum absolute atomic E-state index is 11.2. The molecule has 0 aromatic rings. The van der Waals surface area contributed by atoms with E-state index in [-0.39, 0.29) is 5.91 Å². The Balaban J connectivity index is 3.42. The molecule has 0 radical (unpaired) electrons. The Bertz CT molecular complexity index is 206. The second kappa shape index (κ2) is 9.50. The first-order chi connectivity index (χ1) is 7.24. The first-order valence-electron chi connectivity index (χ1n) is 5.37. The smallest absolute Gasteiger partial charge is 0.234 e. The zero-order valence-electron chi connectivity index (χ0n) is 9.68. The van der Waals surface area contributed by atoms with Gasteiger partial charge in [0.2, 0.25) is 5.91 Å². The largest absolute Gasteiger partial charge is 0.354 e. The molecule has 0 bridgehead atoms. The molecule has 86 valence electrons. The lowest BCUT2D eigenvalue weighted by molar-refractivity contribution is -0.120. The average Bonchev–Trinajstić information content (AvgIpc) is 2.25. The normalized spacial score (nSPS) is 10.0. The summed E-state index contributed by atoms with van der Waals surface area (Å²) in [6.07, 6.45) is 5.04. The number of amides is 1. The minimum Gasteiger partial charge on any atom is -0.354 e. The van der Waals surface area contributed by atoms with Gasteiger partial charge in [0.25, 0.3) is 0 Å². The van der Waals surface area contributed by atoms with Gasteiger partial charge in [-0.3, -0.25) is 10.1 Å². The van der Waals surface area contributed by atoms with Crippen LogP contribution >= 0.6 is 0 Å². The number of rotatable bonds is 8. The fraction of sp³-hybridized carbons (Fsp3) is 0.727. The molecule has 0 spiro atoms. The monoisotopic (exact) mass is 211 g/mol. The van der Waals surface area contributed by atoms with E-state index in [1.165, 1.54) is 0 Å². The van der Waals surface area contributed by atoms with Crippen LogP contribution in [0.4, 0.5) is 0 Å². The highest BCUT2D eigenvalue weighted by Gasteiger charge is 2.01. The molecule has 0 rings (SSSR count). The maximum atomic E-state index is 11.2. The first kappa shape index (κ1) is 13.9. The van der Waals surface area contributed by atoms with Crippen LogP contribution in [0.1, 0.15) is 13.8 Å². The number of hydrogen-bond acceptors (Lipinski definition) is 3. The van der Waals surface area contributed by atoms with Gasteiger partial charge in [-0.05, 0) is 13.1 Å². The highest BCUT2D eigenvalue weighted by atomic mass is 16.1. The van der Waals surface area contributed by atoms with Gasteiger partial charge in [0.15, 0.2) is 0 Å². The highest BCUT2D eigenvalue weighted by Crippen LogP contribution is 1.83. The molecule has 0 saturated carbocycles. The molecule has 0 saturated heterocycles. The van der Waals surface area contributed by atoms with Crippen LogP contribution in [-0.2, 0) is 4.79 Å². The van der Waals surface area contributed by atoms with E-state index < -0.39 is 0 Å². The standard InChI is InChI=1S/C11H21N3O/c1-4-7-12-10-11(15)13-8-9-14(5-2)6-3/h1,12H,5-10H2,2-3H3,(H,13,15). The van der Waals surface area contributed by atoms with Crippen molar-refractivity contribution in [1.29, 1.82) is 0 Å². The molecule has 0 aliphatic carbocycles. The molecule has 4 nitrogen and oxygen atoms in total. The third-order valence-electron chi connectivity index (χ3n) is 2.16. The van der Waals surface area contributed by atoms with E-state index in [2.05, 4.69) is 35.3 Å². The Kier molecular flexibility index (Phi) is 8.84. The lowest BCUT2D eigenvalue weighted by atomic mass is 10.4. The van der Waals surface area contributed by atoms with Crippen molar-refractivity contribution in [2.24, 2.45) is 0 Å². The van der Waals surface area contributed by atoms with Crippen LogP contribution in [0.2, 0.25) is 0 Å². The summed E-state index contributed by atoms with van der Waals surface area (Å²) in [5.41, 5.74) is 0. The van der Waals surface area contributed by atoms with Crippen molar-refractivity contribution >= 4 is 5.91 Å². The van der Waals surface area contributed by atoms with Crippen molar-refractivity contribution in [3.05, 3.63) is 0 Å². The fourth-order valence-corrected chi connectivity index (χ4v) is 1.20. The van der Waals surface area contributed by atoms with Crippen LogP contribution in [0.3, 0.4) is 0 Å². The lowest BCUT2D eigenvalue weighted by Crippen LogP contribution is -2.39. The minimum absolute atomic E-state index is 0.00240. The van der Waals surface area contributed by atoms with Gasteiger partial charge in [-0.1, -0.05) is 19.8 Å². The topological polar surface area (TPSA) is 44.4 Å². The van der Waals surface area contributed by atoms with E-state index in [4.69, 9.17) is 6.42 Å². The van der Waals surface area contributed by atoms with E-state index in [0.717, 1.165) is 19.6 Å². The van der Waals surface area contributed by atoms with Gasteiger partial charge in [0.1, 0.15) is 0 Å². The first-order valence-corrected chi connectivity index (χ1v) is 5.37. The highest BCUT2D eigenvalue weighted by molar-refractivity contribution is 5.77. The Morgan fingerprint density at radius 1 is 1.40 bits per heavy atom. The van der Waals surface area contributed by atoms with Gasteiger partial charge in [0.05, 0.1) is 13.1 Å². The number of carbonyl (C=O) groups is 1. The van der Waals surface area contributed by atoms with Crippen LogP contribution in [-0.4, -0.2) is 50.1 Å². The maximum Gasteiger partial charge on any atom is 0.234 e. The predicted octanol–water partition coefficient (Wildman–Crippen LogP) is -0.333. The summed E-state index contributed by atoms with van der Waals surface area (Å²) >= 11 is 0. The summed E-state index contributed by atoms with van der Waals surface area (Å²) in [6, 6.07) is 0. The number of terminal acetylenes is 1. The summed E-state index contributed by atoms with van der Waals surface area (Å²) < 4.78 is 0. The second-order valence-electron chi connectivity index (χ2n) is 3.18. The molecule has 1 amide bonds. The molecule has 15 heavy (non-hydrogen) atoms. The van der Waals surface area contributed by atoms with Gasteiger partial charge in [-0.25, -0.2) is 0 Å². The third kappa shape index (κ3) is 7.98. The Labute approximate surface area is 92.4 Å². The summed E-state index contributed by atoms with van der Waals surface area (Å²) in [5.74, 6) is 2.41. The van der Waals surface area contributed by atoms with E-state index in [9.17, 15) is 4.79 Å². The fourth-order valence-electron chi connectivity index (χ4n) is 1.20. The van der Waals surface area contributed by atoms with E-state index in [1.807, 2.05) is 0 Å². The minimum atomic E-state index is -0.00240. The molecule has 0 atom stereocenters. The van der Waals surface area contributed by atoms with Crippen LogP contribution in [0.15, 0.2) is 0 Å². The molecular weight excluding hydrogens is 190 g/mol. The van der Waals surface area contributed by atoms with Gasteiger partial charge in [0, 0.05) is 13.1 Å². The zero-order chi connectivity index (χ0) is 11.5. The summed E-state index contributed by atoms with van der Waals surface area (Å²) in [5, 5.41) is 5.67. The van der Waals surface area contributed by atoms with Crippen molar-refractivity contribution in [2.75, 3.05) is 39.3 Å². The summed E-state index contributed by atoms with van der Waals surface area (Å²) in [6.45, 7) is 8.57. The molecule has 2 N–H and O–H groups in total. The van der Waals surface area contributed by atoms with Crippen molar-refractivity contribution in [2.45, 2.75) is 13.8 Å². The molecule has 4 heteroatoms. The van der Waals surface area contributed by atoms with Crippen molar-refractivity contribution in [3.63, 3.8) is 0 Å². The van der Waals surface area contributed by atoms with Crippen LogP contribution in [0.5, 0.6) is 0 Å². The molecule has 0 aromatic heterocycles. The predicted molar refractivity (Wildman–Crippen MR) is 62.5 cm³/mol. The molecule has 0 aliphatic heterocycles. The van der Waals surface area contributed by atoms with E-state index >= 15 is 0 Å². The van der Waals surface area contributed by atoms with E-state index in [1.54, 1.807) is 0 Å². The van der Waals surface area contributed by atoms with Gasteiger partial charge < -0.3 is 10.2 Å². The Hall–Kier alpha value is -1.05. The van der Waals surface area contributed by atoms with Crippen molar-refractivity contribution < 1.29 is 4.79 Å². The van der Waals surface area contributed by atoms with Crippen molar-refractivity contribution in [3.8, 4) is 12.3 Å². The quantitative estimate of drug-likeness (QED) is 0.427. The van der Waals surface area contributed by atoms with Gasteiger partial charge in [-0.2, -0.15) is 0 Å². The lowest BCUT2D eigenvalue weighted by Gasteiger charge is -2.17. The third-order valence-corrected chi connectivity index (χ3v) is 2.16. The van der Waals surface area contributed by atoms with Gasteiger partial charge >= 0.3 is 0 Å². The summed E-state index contributed by atoms with van der Waals surface area (Å²) in [7, 11) is 0. The number of nitrogens with one attached hydrogen (secondary N) is 2. The van der Waals surface area contributed by atoms with Crippen molar-refractivity contribution in [1.82, 2.24) is 15.5 Å². The Morgan fingerprint density at radius 2 is 2.07 bits per heavy atom. The summed E-state index contributed by atoms with van der Waals surface area (Å²) in [4.78, 5) is 13.5. The number of likely N-dealkylation sites (N-methyl/N-ethyl adjacent to an activating group) is 1. The molecule has 0 fully saturated rings. The molecule has 0 unspecified atom stereocenters. The van der Waals surface area contributed by atoms with Crippen LogP contribution in [0.25, 0.3) is 0 Å². The van der Waals surface area contributed by atoms with E-state index in [0.29, 0.717) is 19.6 Å². The molecule has 0 heterocycles. The zero-order valence-corrected chi connectivity index (χ0v) is 9.68. The van der Waals surface area contributed by atoms with Crippen LogP contribution < -0.4 is 10.6 Å². The van der Waals surface area contributed by atoms with Crippen LogP contribution in [0, 0.1) is 12.3 Å². The number of carbonyl (C=O) groups excluding carboxylic acids is 1. The van der Waals surface area contributed by atoms with Gasteiger partial charge in [-0.15, -0.1) is 6.42 Å². The average molecular weight is 211 g/mol. The SMILES string of the molecule is C#CCNCC(=O)NCCN(CC)CC.